The third-order valence-corrected chi connectivity index (χ3v) is 8.29. The van der Waals surface area contributed by atoms with Crippen LogP contribution in [0, 0.1) is 6.92 Å². The number of benzene rings is 5. The van der Waals surface area contributed by atoms with E-state index in [0.29, 0.717) is 18.0 Å². The van der Waals surface area contributed by atoms with Crippen molar-refractivity contribution in [2.24, 2.45) is 5.10 Å². The van der Waals surface area contributed by atoms with Gasteiger partial charge in [0.1, 0.15) is 18.9 Å². The van der Waals surface area contributed by atoms with Crippen molar-refractivity contribution < 1.29 is 17.9 Å². The number of hydrogen-bond acceptors (Lipinski definition) is 5. The number of nitrogens with zero attached hydrogens (tertiary/aromatic N) is 2. The maximum atomic E-state index is 13.4. The normalized spacial score (nSPS) is 11.4. The molecule has 41 heavy (non-hydrogen) atoms. The molecule has 0 atom stereocenters. The molecule has 0 aliphatic heterocycles. The molecule has 1 amide bonds. The Kier molecular flexibility index (Phi) is 8.41. The van der Waals surface area contributed by atoms with Crippen molar-refractivity contribution in [2.75, 3.05) is 10.8 Å². The van der Waals surface area contributed by atoms with Crippen LogP contribution in [0.2, 0.25) is 0 Å². The first-order valence-corrected chi connectivity index (χ1v) is 14.5. The average Bonchev–Trinajstić information content (AvgIpc) is 3.00. The number of anilines is 1. The van der Waals surface area contributed by atoms with Crippen molar-refractivity contribution in [3.8, 4) is 5.75 Å². The lowest BCUT2D eigenvalue weighted by Gasteiger charge is -2.23. The van der Waals surface area contributed by atoms with Gasteiger partial charge in [0.2, 0.25) is 0 Å². The van der Waals surface area contributed by atoms with Crippen LogP contribution >= 0.6 is 0 Å². The monoisotopic (exact) mass is 563 g/mol. The Labute approximate surface area is 239 Å². The number of ether oxygens (including phenoxy) is 1. The highest BCUT2D eigenvalue weighted by atomic mass is 32.2. The zero-order valence-corrected chi connectivity index (χ0v) is 23.3. The fraction of sp³-hybridized carbons (Fsp3) is 0.0909. The summed E-state index contributed by atoms with van der Waals surface area (Å²) in [6.45, 7) is 1.91. The molecular formula is C33H29N3O4S. The number of hydrazone groups is 1. The minimum Gasteiger partial charge on any atom is -0.489 e. The average molecular weight is 564 g/mol. The molecule has 5 aromatic rings. The van der Waals surface area contributed by atoms with Gasteiger partial charge in [0, 0.05) is 0 Å². The number of hydrogen-bond donors (Lipinski definition) is 1. The van der Waals surface area contributed by atoms with Crippen molar-refractivity contribution in [3.63, 3.8) is 0 Å². The highest BCUT2D eigenvalue weighted by Crippen LogP contribution is 2.24. The zero-order chi connectivity index (χ0) is 28.7. The SMILES string of the molecule is Cc1ccc(N(CC(=O)N/N=C\c2ccc(OCc3cccc4ccccc34)cc2)S(=O)(=O)c2ccccc2)cc1. The topological polar surface area (TPSA) is 88.1 Å². The number of aryl methyl sites for hydroxylation is 1. The summed E-state index contributed by atoms with van der Waals surface area (Å²) in [6, 6.07) is 36.6. The smallest absolute Gasteiger partial charge is 0.264 e. The van der Waals surface area contributed by atoms with Crippen LogP contribution < -0.4 is 14.5 Å². The highest BCUT2D eigenvalue weighted by molar-refractivity contribution is 7.92. The molecule has 7 nitrogen and oxygen atoms in total. The van der Waals surface area contributed by atoms with E-state index in [1.807, 2.05) is 49.4 Å². The second-order valence-corrected chi connectivity index (χ2v) is 11.3. The van der Waals surface area contributed by atoms with Crippen LogP contribution in [0.3, 0.4) is 0 Å². The molecule has 0 bridgehead atoms. The fourth-order valence-electron chi connectivity index (χ4n) is 4.32. The van der Waals surface area contributed by atoms with Crippen molar-refractivity contribution in [1.82, 2.24) is 5.43 Å². The molecule has 5 aromatic carbocycles. The third-order valence-electron chi connectivity index (χ3n) is 6.50. The first kappa shape index (κ1) is 27.6. The van der Waals surface area contributed by atoms with Gasteiger partial charge < -0.3 is 4.74 Å². The Balaban J connectivity index is 1.21. The molecular weight excluding hydrogens is 534 g/mol. The number of carbonyl (C=O) groups excluding carboxylic acids is 1. The first-order chi connectivity index (χ1) is 19.9. The van der Waals surface area contributed by atoms with E-state index < -0.39 is 22.5 Å². The van der Waals surface area contributed by atoms with Crippen LogP contribution in [0.4, 0.5) is 5.69 Å². The second-order valence-electron chi connectivity index (χ2n) is 9.45. The van der Waals surface area contributed by atoms with Gasteiger partial charge in [-0.3, -0.25) is 9.10 Å². The van der Waals surface area contributed by atoms with Crippen LogP contribution in [0.5, 0.6) is 5.75 Å². The molecule has 5 rings (SSSR count). The van der Waals surface area contributed by atoms with Gasteiger partial charge in [-0.2, -0.15) is 5.10 Å². The molecule has 0 saturated heterocycles. The predicted molar refractivity (Wildman–Crippen MR) is 163 cm³/mol. The predicted octanol–water partition coefficient (Wildman–Crippen LogP) is 6.07. The van der Waals surface area contributed by atoms with Crippen LogP contribution in [0.15, 0.2) is 131 Å². The number of nitrogens with one attached hydrogen (secondary N) is 1. The van der Waals surface area contributed by atoms with Gasteiger partial charge in [-0.15, -0.1) is 0 Å². The molecule has 0 aliphatic rings. The van der Waals surface area contributed by atoms with Crippen LogP contribution in [-0.2, 0) is 21.4 Å². The van der Waals surface area contributed by atoms with E-state index in [-0.39, 0.29) is 4.90 Å². The molecule has 8 heteroatoms. The van der Waals surface area contributed by atoms with E-state index >= 15 is 0 Å². The summed E-state index contributed by atoms with van der Waals surface area (Å²) in [7, 11) is -3.98. The van der Waals surface area contributed by atoms with Crippen LogP contribution in [0.25, 0.3) is 10.8 Å². The summed E-state index contributed by atoms with van der Waals surface area (Å²) in [4.78, 5) is 12.9. The lowest BCUT2D eigenvalue weighted by atomic mass is 10.1. The summed E-state index contributed by atoms with van der Waals surface area (Å²) in [5.74, 6) is 0.135. The summed E-state index contributed by atoms with van der Waals surface area (Å²) < 4.78 is 33.8. The van der Waals surface area contributed by atoms with E-state index in [2.05, 4.69) is 34.8 Å². The Bertz CT molecular complexity index is 1760. The Morgan fingerprint density at radius 1 is 0.829 bits per heavy atom. The van der Waals surface area contributed by atoms with Gasteiger partial charge >= 0.3 is 0 Å². The van der Waals surface area contributed by atoms with Crippen molar-refractivity contribution in [3.05, 3.63) is 138 Å². The van der Waals surface area contributed by atoms with E-state index in [9.17, 15) is 13.2 Å². The number of sulfonamides is 1. The lowest BCUT2D eigenvalue weighted by molar-refractivity contribution is -0.119. The molecule has 0 fully saturated rings. The molecule has 0 heterocycles. The van der Waals surface area contributed by atoms with E-state index in [1.54, 1.807) is 42.5 Å². The summed E-state index contributed by atoms with van der Waals surface area (Å²) in [6.07, 6.45) is 1.49. The largest absolute Gasteiger partial charge is 0.489 e. The third kappa shape index (κ3) is 6.80. The van der Waals surface area contributed by atoms with Gasteiger partial charge in [0.25, 0.3) is 15.9 Å². The van der Waals surface area contributed by atoms with Gasteiger partial charge in [-0.05, 0) is 77.4 Å². The standard InChI is InChI=1S/C33H29N3O4S/c1-25-14-18-29(19-15-25)36(41(38,39)31-11-3-2-4-12-31)23-33(37)35-34-22-26-16-20-30(21-17-26)40-24-28-10-7-9-27-8-5-6-13-32(27)28/h2-22H,23-24H2,1H3,(H,35,37)/b34-22-. The maximum absolute atomic E-state index is 13.4. The molecule has 206 valence electrons. The molecule has 0 spiro atoms. The van der Waals surface area contributed by atoms with Gasteiger partial charge in [0.15, 0.2) is 0 Å². The Morgan fingerprint density at radius 3 is 2.27 bits per heavy atom. The Hall–Kier alpha value is -4.95. The maximum Gasteiger partial charge on any atom is 0.264 e. The van der Waals surface area contributed by atoms with Crippen molar-refractivity contribution >= 4 is 38.6 Å². The molecule has 0 saturated carbocycles. The van der Waals surface area contributed by atoms with E-state index in [0.717, 1.165) is 26.4 Å². The molecule has 0 unspecified atom stereocenters. The lowest BCUT2D eigenvalue weighted by Crippen LogP contribution is -2.39. The highest BCUT2D eigenvalue weighted by Gasteiger charge is 2.27. The summed E-state index contributed by atoms with van der Waals surface area (Å²) in [5, 5.41) is 6.36. The summed E-state index contributed by atoms with van der Waals surface area (Å²) >= 11 is 0. The van der Waals surface area contributed by atoms with Crippen LogP contribution in [-0.4, -0.2) is 27.1 Å². The number of amides is 1. The minimum atomic E-state index is -3.98. The first-order valence-electron chi connectivity index (χ1n) is 13.1. The number of rotatable bonds is 10. The van der Waals surface area contributed by atoms with Crippen LogP contribution in [0.1, 0.15) is 16.7 Å². The second kappa shape index (κ2) is 12.5. The summed E-state index contributed by atoms with van der Waals surface area (Å²) in [5.41, 5.74) is 5.65. The minimum absolute atomic E-state index is 0.0969. The van der Waals surface area contributed by atoms with Gasteiger partial charge in [-0.1, -0.05) is 78.4 Å². The molecule has 0 aliphatic carbocycles. The van der Waals surface area contributed by atoms with Gasteiger partial charge in [-0.25, -0.2) is 13.8 Å². The van der Waals surface area contributed by atoms with Gasteiger partial charge in [0.05, 0.1) is 16.8 Å². The van der Waals surface area contributed by atoms with Crippen molar-refractivity contribution in [2.45, 2.75) is 18.4 Å². The fourth-order valence-corrected chi connectivity index (χ4v) is 5.76. The molecule has 1 N–H and O–H groups in total. The van der Waals surface area contributed by atoms with E-state index in [1.165, 1.54) is 23.7 Å². The number of carbonyl (C=O) groups is 1. The quantitative estimate of drug-likeness (QED) is 0.165. The molecule has 0 radical (unpaired) electrons. The van der Waals surface area contributed by atoms with Crippen molar-refractivity contribution in [1.29, 1.82) is 0 Å². The number of fused-ring (bicyclic) bond motifs is 1. The van der Waals surface area contributed by atoms with E-state index in [4.69, 9.17) is 4.74 Å². The molecule has 0 aromatic heterocycles. The Morgan fingerprint density at radius 2 is 1.51 bits per heavy atom. The zero-order valence-electron chi connectivity index (χ0n) is 22.5.